The number of carboxylic acid groups (broad SMARTS) is 3. The summed E-state index contributed by atoms with van der Waals surface area (Å²) in [4.78, 5) is 39.7. The van der Waals surface area contributed by atoms with Gasteiger partial charge in [-0.2, -0.15) is 0 Å². The molecule has 0 heterocycles. The minimum Gasteiger partial charge on any atom is -0.480 e. The lowest BCUT2D eigenvalue weighted by Crippen LogP contribution is -2.56. The standard InChI is InChI=1S/3C6H13NO5.C3H5NO.C3H8O3/c3*8-2-6(3-9,4-10)7-1-5(11)12;1-2-3(4)5;4-1-3(6)2-5/h3*7-10H,1-4H2,(H,11,12);2H,1H2,(H2,4,5);3-6H,1-2H2. The number of carbonyl (C=O) groups is 4. The largest absolute Gasteiger partial charge is 0.480 e. The Morgan fingerprint density at radius 3 is 0.766 bits per heavy atom. The molecule has 0 rings (SSSR count). The number of nitrogens with two attached hydrogens (primary N) is 1. The molecule has 0 aromatic heterocycles. The van der Waals surface area contributed by atoms with Crippen LogP contribution in [-0.4, -0.2) is 215 Å². The number of carboxylic acids is 3. The highest BCUT2D eigenvalue weighted by molar-refractivity contribution is 5.85. The van der Waals surface area contributed by atoms with Crippen LogP contribution in [0.3, 0.4) is 0 Å². The highest BCUT2D eigenvalue weighted by Crippen LogP contribution is 2.01. The summed E-state index contributed by atoms with van der Waals surface area (Å²) < 4.78 is 0. The lowest BCUT2D eigenvalue weighted by Gasteiger charge is -2.27. The quantitative estimate of drug-likeness (QED) is 0.0494. The van der Waals surface area contributed by atoms with Gasteiger partial charge in [0.05, 0.1) is 109 Å². The van der Waals surface area contributed by atoms with E-state index in [9.17, 15) is 19.2 Å². The minimum atomic E-state index is -1.31. The molecule has 0 atom stereocenters. The van der Waals surface area contributed by atoms with E-state index in [0.29, 0.717) is 0 Å². The van der Waals surface area contributed by atoms with Gasteiger partial charge in [-0.15, -0.1) is 0 Å². The zero-order valence-electron chi connectivity index (χ0n) is 25.7. The molecule has 0 bridgehead atoms. The van der Waals surface area contributed by atoms with Crippen molar-refractivity contribution in [2.24, 2.45) is 5.73 Å². The van der Waals surface area contributed by atoms with Crippen molar-refractivity contribution >= 4 is 23.8 Å². The molecule has 0 aromatic rings. The number of carbonyl (C=O) groups excluding carboxylic acids is 1. The van der Waals surface area contributed by atoms with Gasteiger partial charge in [-0.3, -0.25) is 35.1 Å². The molecular formula is C24H52N4O19. The molecule has 0 radical (unpaired) electrons. The molecule has 47 heavy (non-hydrogen) atoms. The molecule has 0 aliphatic carbocycles. The van der Waals surface area contributed by atoms with E-state index in [4.69, 9.17) is 76.6 Å². The highest BCUT2D eigenvalue weighted by atomic mass is 16.4. The Balaban J connectivity index is -0.000000162. The topological polar surface area (TPSA) is 434 Å². The Kier molecular flexibility index (Phi) is 37.5. The number of primary amides is 1. The van der Waals surface area contributed by atoms with Gasteiger partial charge in [-0.1, -0.05) is 6.58 Å². The number of rotatable bonds is 21. The minimum absolute atomic E-state index is 0.365. The predicted octanol–water partition coefficient (Wildman–Crippen LogP) is -9.88. The molecule has 0 spiro atoms. The van der Waals surface area contributed by atoms with E-state index < -0.39 is 126 Å². The van der Waals surface area contributed by atoms with Gasteiger partial charge in [0.1, 0.15) is 6.10 Å². The van der Waals surface area contributed by atoms with Crippen LogP contribution in [-0.2, 0) is 19.2 Å². The number of hydrogen-bond acceptors (Lipinski definition) is 19. The summed E-state index contributed by atoms with van der Waals surface area (Å²) in [7, 11) is 0. The van der Waals surface area contributed by atoms with Gasteiger partial charge in [0.25, 0.3) is 0 Å². The number of amides is 1. The molecular weight excluding hydrogens is 648 g/mol. The number of nitrogens with one attached hydrogen (secondary N) is 3. The predicted molar refractivity (Wildman–Crippen MR) is 158 cm³/mol. The van der Waals surface area contributed by atoms with Gasteiger partial charge in [0.15, 0.2) is 0 Å². The zero-order chi connectivity index (χ0) is 38.1. The molecule has 23 heteroatoms. The molecule has 0 aliphatic rings. The van der Waals surface area contributed by atoms with Crippen LogP contribution in [0.25, 0.3) is 0 Å². The molecule has 23 nitrogen and oxygen atoms in total. The molecule has 1 amide bonds. The molecule has 0 aromatic carbocycles. The van der Waals surface area contributed by atoms with E-state index in [1.54, 1.807) is 0 Å². The Morgan fingerprint density at radius 1 is 0.532 bits per heavy atom. The van der Waals surface area contributed by atoms with Crippen molar-refractivity contribution in [2.45, 2.75) is 22.7 Å². The normalized spacial score (nSPS) is 10.8. The van der Waals surface area contributed by atoms with Crippen LogP contribution >= 0.6 is 0 Å². The molecule has 0 fully saturated rings. The Labute approximate surface area is 269 Å². The summed E-state index contributed by atoms with van der Waals surface area (Å²) in [5.41, 5.74) is 0.613. The third-order valence-electron chi connectivity index (χ3n) is 5.19. The molecule has 282 valence electrons. The number of aliphatic hydroxyl groups excluding tert-OH is 12. The molecule has 0 saturated carbocycles. The van der Waals surface area contributed by atoms with E-state index >= 15 is 0 Å². The fourth-order valence-corrected chi connectivity index (χ4v) is 1.80. The number of hydrogen-bond donors (Lipinski definition) is 19. The van der Waals surface area contributed by atoms with Gasteiger partial charge in [0.2, 0.25) is 5.91 Å². The fourth-order valence-electron chi connectivity index (χ4n) is 1.80. The maximum atomic E-state index is 10.1. The van der Waals surface area contributed by atoms with Gasteiger partial charge in [-0.05, 0) is 6.08 Å². The summed E-state index contributed by atoms with van der Waals surface area (Å²) in [6.45, 7) is -3.57. The van der Waals surface area contributed by atoms with Crippen LogP contribution in [0.15, 0.2) is 12.7 Å². The summed E-state index contributed by atoms with van der Waals surface area (Å²) in [6, 6.07) is 0. The molecule has 0 aliphatic heterocycles. The highest BCUT2D eigenvalue weighted by Gasteiger charge is 2.29. The van der Waals surface area contributed by atoms with Crippen molar-refractivity contribution in [3.05, 3.63) is 12.7 Å². The summed E-state index contributed by atoms with van der Waals surface area (Å²) in [5.74, 6) is -3.83. The average Bonchev–Trinajstić information content (AvgIpc) is 3.08. The summed E-state index contributed by atoms with van der Waals surface area (Å²) in [6.07, 6.45) is 0.102. The van der Waals surface area contributed by atoms with Gasteiger partial charge >= 0.3 is 17.9 Å². The monoisotopic (exact) mass is 700 g/mol. The van der Waals surface area contributed by atoms with E-state index in [0.717, 1.165) is 6.08 Å². The molecule has 0 saturated heterocycles. The van der Waals surface area contributed by atoms with Crippen LogP contribution < -0.4 is 21.7 Å². The fraction of sp³-hybridized carbons (Fsp3) is 0.750. The maximum Gasteiger partial charge on any atom is 0.317 e. The van der Waals surface area contributed by atoms with Crippen LogP contribution in [0, 0.1) is 0 Å². The SMILES string of the molecule is C=CC(N)=O.O=C(O)CNC(CO)(CO)CO.O=C(O)CNC(CO)(CO)CO.O=C(O)CNC(CO)(CO)CO.OCC(O)CO. The third-order valence-corrected chi connectivity index (χ3v) is 5.19. The van der Waals surface area contributed by atoms with Crippen molar-refractivity contribution in [3.8, 4) is 0 Å². The van der Waals surface area contributed by atoms with Crippen molar-refractivity contribution in [2.75, 3.05) is 92.3 Å². The second-order valence-electron chi connectivity index (χ2n) is 9.13. The van der Waals surface area contributed by atoms with Crippen molar-refractivity contribution in [1.82, 2.24) is 16.0 Å². The van der Waals surface area contributed by atoms with Crippen LogP contribution in [0.4, 0.5) is 0 Å². The van der Waals surface area contributed by atoms with Crippen LogP contribution in [0.2, 0.25) is 0 Å². The van der Waals surface area contributed by atoms with Gasteiger partial charge in [-0.25, -0.2) is 0 Å². The Hall–Kier alpha value is -2.98. The molecule has 20 N–H and O–H groups in total. The second-order valence-corrected chi connectivity index (χ2v) is 9.13. The second kappa shape index (κ2) is 32.9. The average molecular weight is 701 g/mol. The van der Waals surface area contributed by atoms with E-state index in [2.05, 4.69) is 28.3 Å². The van der Waals surface area contributed by atoms with Crippen LogP contribution in [0.1, 0.15) is 0 Å². The van der Waals surface area contributed by atoms with Crippen molar-refractivity contribution in [3.63, 3.8) is 0 Å². The Morgan fingerprint density at radius 2 is 0.702 bits per heavy atom. The zero-order valence-corrected chi connectivity index (χ0v) is 25.7. The van der Waals surface area contributed by atoms with Crippen LogP contribution in [0.5, 0.6) is 0 Å². The molecule has 0 unspecified atom stereocenters. The number of aliphatic carboxylic acids is 3. The first-order valence-corrected chi connectivity index (χ1v) is 13.1. The smallest absolute Gasteiger partial charge is 0.317 e. The van der Waals surface area contributed by atoms with E-state index in [1.165, 1.54) is 0 Å². The van der Waals surface area contributed by atoms with Gasteiger partial charge in [0, 0.05) is 0 Å². The Bertz CT molecular complexity index is 700. The lowest BCUT2D eigenvalue weighted by atomic mass is 10.0. The van der Waals surface area contributed by atoms with E-state index in [-0.39, 0.29) is 13.2 Å². The van der Waals surface area contributed by atoms with E-state index in [1.807, 2.05) is 0 Å². The first kappa shape index (κ1) is 53.5. The van der Waals surface area contributed by atoms with Crippen molar-refractivity contribution in [1.29, 1.82) is 0 Å². The first-order chi connectivity index (χ1) is 21.9. The summed E-state index contributed by atoms with van der Waals surface area (Å²) >= 11 is 0. The number of aliphatic hydroxyl groups is 12. The first-order valence-electron chi connectivity index (χ1n) is 13.1. The third kappa shape index (κ3) is 31.4. The maximum absolute atomic E-state index is 10.1. The van der Waals surface area contributed by atoms with Crippen molar-refractivity contribution < 1.29 is 95.8 Å². The lowest BCUT2D eigenvalue weighted by molar-refractivity contribution is -0.137. The summed E-state index contributed by atoms with van der Waals surface area (Å²) in [5, 5.41) is 134. The van der Waals surface area contributed by atoms with Gasteiger partial charge < -0.3 is 82.3 Å².